The summed E-state index contributed by atoms with van der Waals surface area (Å²) < 4.78 is 38.1. The molecule has 0 saturated carbocycles. The van der Waals surface area contributed by atoms with Gasteiger partial charge in [0.15, 0.2) is 0 Å². The first kappa shape index (κ1) is 14.5. The maximum absolute atomic E-state index is 12.3. The van der Waals surface area contributed by atoms with Crippen LogP contribution in [0.5, 0.6) is 0 Å². The van der Waals surface area contributed by atoms with E-state index in [1.165, 1.54) is 4.68 Å². The Bertz CT molecular complexity index is 432. The molecule has 1 unspecified atom stereocenters. The predicted octanol–water partition coefficient (Wildman–Crippen LogP) is 2.31. The topological polar surface area (TPSA) is 67.6 Å². The summed E-state index contributed by atoms with van der Waals surface area (Å²) in [7, 11) is 0. The molecule has 7 heteroatoms. The van der Waals surface area contributed by atoms with Gasteiger partial charge in [-0.05, 0) is 19.3 Å². The van der Waals surface area contributed by atoms with Gasteiger partial charge in [-0.3, -0.25) is 4.68 Å². The van der Waals surface area contributed by atoms with Crippen molar-refractivity contribution in [1.29, 1.82) is 5.26 Å². The zero-order valence-corrected chi connectivity index (χ0v) is 10.0. The van der Waals surface area contributed by atoms with Crippen molar-refractivity contribution in [3.05, 3.63) is 18.0 Å². The standard InChI is InChI=1S/C11H15F3N4/c1-2-10(16,8-15)4-3-5-18-7-9(6-17-18)11(12,13)14/h6-7H,2-5,16H2,1H3. The molecule has 1 aromatic heterocycles. The number of hydrogen-bond acceptors (Lipinski definition) is 3. The number of alkyl halides is 3. The van der Waals surface area contributed by atoms with Gasteiger partial charge < -0.3 is 5.73 Å². The molecule has 0 aromatic carbocycles. The first-order chi connectivity index (χ1) is 8.30. The molecule has 1 heterocycles. The van der Waals surface area contributed by atoms with Gasteiger partial charge in [0.25, 0.3) is 0 Å². The van der Waals surface area contributed by atoms with Gasteiger partial charge in [0.1, 0.15) is 5.54 Å². The quantitative estimate of drug-likeness (QED) is 0.883. The molecular weight excluding hydrogens is 245 g/mol. The molecule has 1 rings (SSSR count). The van der Waals surface area contributed by atoms with Crippen LogP contribution in [0, 0.1) is 11.3 Å². The molecule has 0 aliphatic rings. The molecule has 1 atom stereocenters. The Labute approximate surface area is 103 Å². The second-order valence-corrected chi connectivity index (χ2v) is 4.21. The molecule has 0 radical (unpaired) electrons. The van der Waals surface area contributed by atoms with Crippen LogP contribution in [-0.4, -0.2) is 15.3 Å². The molecule has 1 aromatic rings. The summed E-state index contributed by atoms with van der Waals surface area (Å²) >= 11 is 0. The summed E-state index contributed by atoms with van der Waals surface area (Å²) in [5, 5.41) is 12.5. The summed E-state index contributed by atoms with van der Waals surface area (Å²) in [4.78, 5) is 0. The van der Waals surface area contributed by atoms with Crippen LogP contribution in [0.1, 0.15) is 31.7 Å². The third-order valence-corrected chi connectivity index (χ3v) is 2.82. The average Bonchev–Trinajstić information content (AvgIpc) is 2.77. The number of halogens is 3. The van der Waals surface area contributed by atoms with E-state index in [0.717, 1.165) is 12.4 Å². The summed E-state index contributed by atoms with van der Waals surface area (Å²) in [6, 6.07) is 2.01. The second-order valence-electron chi connectivity index (χ2n) is 4.21. The molecule has 2 N–H and O–H groups in total. The first-order valence-electron chi connectivity index (χ1n) is 5.60. The van der Waals surface area contributed by atoms with Crippen LogP contribution >= 0.6 is 0 Å². The van der Waals surface area contributed by atoms with Crippen molar-refractivity contribution >= 4 is 0 Å². The molecule has 0 aliphatic heterocycles. The molecule has 0 amide bonds. The lowest BCUT2D eigenvalue weighted by Gasteiger charge is -2.18. The molecule has 0 fully saturated rings. The Morgan fingerprint density at radius 2 is 2.17 bits per heavy atom. The number of rotatable bonds is 5. The lowest BCUT2D eigenvalue weighted by atomic mass is 9.93. The smallest absolute Gasteiger partial charge is 0.313 e. The Morgan fingerprint density at radius 3 is 2.61 bits per heavy atom. The third kappa shape index (κ3) is 3.74. The Balaban J connectivity index is 2.51. The average molecular weight is 260 g/mol. The molecule has 4 nitrogen and oxygen atoms in total. The van der Waals surface area contributed by atoms with Crippen LogP contribution < -0.4 is 5.73 Å². The lowest BCUT2D eigenvalue weighted by molar-refractivity contribution is -0.137. The van der Waals surface area contributed by atoms with Gasteiger partial charge in [0, 0.05) is 12.7 Å². The number of nitrogens with two attached hydrogens (primary N) is 1. The van der Waals surface area contributed by atoms with E-state index >= 15 is 0 Å². The fourth-order valence-corrected chi connectivity index (χ4v) is 1.50. The van der Waals surface area contributed by atoms with Gasteiger partial charge in [0.05, 0.1) is 17.8 Å². The summed E-state index contributed by atoms with van der Waals surface area (Å²) in [5.41, 5.74) is 4.10. The Morgan fingerprint density at radius 1 is 1.50 bits per heavy atom. The monoisotopic (exact) mass is 260 g/mol. The van der Waals surface area contributed by atoms with E-state index in [-0.39, 0.29) is 0 Å². The highest BCUT2D eigenvalue weighted by atomic mass is 19.4. The van der Waals surface area contributed by atoms with Crippen molar-refractivity contribution in [1.82, 2.24) is 9.78 Å². The predicted molar refractivity (Wildman–Crippen MR) is 59.3 cm³/mol. The largest absolute Gasteiger partial charge is 0.419 e. The van der Waals surface area contributed by atoms with E-state index in [9.17, 15) is 13.2 Å². The summed E-state index contributed by atoms with van der Waals surface area (Å²) in [5.74, 6) is 0. The summed E-state index contributed by atoms with van der Waals surface area (Å²) in [6.45, 7) is 2.12. The van der Waals surface area contributed by atoms with Crippen molar-refractivity contribution in [2.24, 2.45) is 5.73 Å². The van der Waals surface area contributed by atoms with Gasteiger partial charge >= 0.3 is 6.18 Å². The van der Waals surface area contributed by atoms with E-state index in [2.05, 4.69) is 5.10 Å². The second kappa shape index (κ2) is 5.40. The minimum absolute atomic E-state index is 0.316. The van der Waals surface area contributed by atoms with Crippen molar-refractivity contribution in [2.75, 3.05) is 0 Å². The van der Waals surface area contributed by atoms with E-state index in [4.69, 9.17) is 11.0 Å². The number of aryl methyl sites for hydroxylation is 1. The number of nitrogens with zero attached hydrogens (tertiary/aromatic N) is 3. The number of aromatic nitrogens is 2. The maximum atomic E-state index is 12.3. The zero-order chi connectivity index (χ0) is 13.8. The summed E-state index contributed by atoms with van der Waals surface area (Å²) in [6.07, 6.45) is -1.17. The Kier molecular flexibility index (Phi) is 4.35. The van der Waals surface area contributed by atoms with E-state index < -0.39 is 17.3 Å². The highest BCUT2D eigenvalue weighted by Gasteiger charge is 2.32. The molecule has 0 bridgehead atoms. The van der Waals surface area contributed by atoms with Crippen LogP contribution in [0.2, 0.25) is 0 Å². The van der Waals surface area contributed by atoms with Crippen molar-refractivity contribution in [3.8, 4) is 6.07 Å². The third-order valence-electron chi connectivity index (χ3n) is 2.82. The minimum atomic E-state index is -4.37. The SMILES string of the molecule is CCC(N)(C#N)CCCn1cc(C(F)(F)F)cn1. The fraction of sp³-hybridized carbons (Fsp3) is 0.636. The molecule has 100 valence electrons. The lowest BCUT2D eigenvalue weighted by Crippen LogP contribution is -2.37. The molecule has 0 spiro atoms. The van der Waals surface area contributed by atoms with Gasteiger partial charge in [0.2, 0.25) is 0 Å². The fourth-order valence-electron chi connectivity index (χ4n) is 1.50. The van der Waals surface area contributed by atoms with Crippen molar-refractivity contribution in [2.45, 2.75) is 44.4 Å². The molecule has 0 saturated heterocycles. The molecular formula is C11H15F3N4. The highest BCUT2D eigenvalue weighted by Crippen LogP contribution is 2.28. The highest BCUT2D eigenvalue weighted by molar-refractivity contribution is 5.08. The van der Waals surface area contributed by atoms with Crippen LogP contribution in [0.4, 0.5) is 13.2 Å². The van der Waals surface area contributed by atoms with E-state index in [1.807, 2.05) is 6.07 Å². The van der Waals surface area contributed by atoms with Crippen molar-refractivity contribution < 1.29 is 13.2 Å². The van der Waals surface area contributed by atoms with Crippen LogP contribution in [0.25, 0.3) is 0 Å². The number of hydrogen-bond donors (Lipinski definition) is 1. The van der Waals surface area contributed by atoms with Crippen LogP contribution in [0.3, 0.4) is 0 Å². The maximum Gasteiger partial charge on any atom is 0.419 e. The Hall–Kier alpha value is -1.55. The van der Waals surface area contributed by atoms with Crippen LogP contribution in [0.15, 0.2) is 12.4 Å². The minimum Gasteiger partial charge on any atom is -0.313 e. The van der Waals surface area contributed by atoms with Gasteiger partial charge in [-0.15, -0.1) is 0 Å². The van der Waals surface area contributed by atoms with Crippen molar-refractivity contribution in [3.63, 3.8) is 0 Å². The zero-order valence-electron chi connectivity index (χ0n) is 10.0. The molecule has 18 heavy (non-hydrogen) atoms. The van der Waals surface area contributed by atoms with Gasteiger partial charge in [-0.2, -0.15) is 23.5 Å². The van der Waals surface area contributed by atoms with Gasteiger partial charge in [-0.1, -0.05) is 6.92 Å². The number of nitriles is 1. The van der Waals surface area contributed by atoms with Crippen LogP contribution in [-0.2, 0) is 12.7 Å². The normalized spacial score (nSPS) is 15.1. The molecule has 0 aliphatic carbocycles. The first-order valence-corrected chi connectivity index (χ1v) is 5.60. The van der Waals surface area contributed by atoms with E-state index in [1.54, 1.807) is 6.92 Å². The van der Waals surface area contributed by atoms with Gasteiger partial charge in [-0.25, -0.2) is 0 Å². The van der Waals surface area contributed by atoms with E-state index in [0.29, 0.717) is 25.8 Å².